The molecule has 0 amide bonds. The molecule has 2 heteroatoms. The van der Waals surface area contributed by atoms with E-state index in [-0.39, 0.29) is 6.04 Å². The molecule has 0 aromatic heterocycles. The summed E-state index contributed by atoms with van der Waals surface area (Å²) in [6.07, 6.45) is 0.834. The minimum Gasteiger partial charge on any atom is -0.324 e. The number of halogens is 1. The number of benzene rings is 2. The Hall–Kier alpha value is -1.31. The van der Waals surface area contributed by atoms with Gasteiger partial charge in [-0.3, -0.25) is 0 Å². The van der Waals surface area contributed by atoms with Crippen molar-refractivity contribution in [3.05, 3.63) is 69.2 Å². The summed E-state index contributed by atoms with van der Waals surface area (Å²) in [5.41, 5.74) is 12.4. The molecule has 0 radical (unpaired) electrons. The normalized spacial score (nSPS) is 12.5. The highest BCUT2D eigenvalue weighted by Gasteiger charge is 2.09. The zero-order chi connectivity index (χ0) is 14.0. The van der Waals surface area contributed by atoms with E-state index in [4.69, 9.17) is 17.3 Å². The Morgan fingerprint density at radius 2 is 1.63 bits per heavy atom. The average molecular weight is 274 g/mol. The molecule has 2 aromatic rings. The van der Waals surface area contributed by atoms with E-state index in [2.05, 4.69) is 38.1 Å². The van der Waals surface area contributed by atoms with E-state index in [0.29, 0.717) is 0 Å². The molecule has 0 bridgehead atoms. The first-order valence-corrected chi connectivity index (χ1v) is 6.93. The summed E-state index contributed by atoms with van der Waals surface area (Å²) >= 11 is 6.15. The van der Waals surface area contributed by atoms with Gasteiger partial charge >= 0.3 is 0 Å². The maximum absolute atomic E-state index is 6.28. The third-order valence-corrected chi connectivity index (χ3v) is 4.06. The lowest BCUT2D eigenvalue weighted by Gasteiger charge is -2.14. The minimum absolute atomic E-state index is 0.0137. The van der Waals surface area contributed by atoms with E-state index >= 15 is 0 Å². The van der Waals surface area contributed by atoms with Crippen LogP contribution in [0.3, 0.4) is 0 Å². The molecule has 0 saturated heterocycles. The van der Waals surface area contributed by atoms with Crippen LogP contribution in [0.4, 0.5) is 0 Å². The zero-order valence-corrected chi connectivity index (χ0v) is 12.5. The molecule has 1 nitrogen and oxygen atoms in total. The van der Waals surface area contributed by atoms with E-state index in [1.807, 2.05) is 19.1 Å². The first kappa shape index (κ1) is 14.1. The van der Waals surface area contributed by atoms with Gasteiger partial charge in [0, 0.05) is 11.1 Å². The summed E-state index contributed by atoms with van der Waals surface area (Å²) in [7, 11) is 0. The number of rotatable bonds is 3. The predicted molar refractivity (Wildman–Crippen MR) is 82.7 cm³/mol. The van der Waals surface area contributed by atoms with Crippen molar-refractivity contribution in [2.24, 2.45) is 5.73 Å². The molecule has 0 spiro atoms. The standard InChI is InChI=1S/C17H20ClN/c1-11-4-6-14(8-13(11)3)9-17(19)15-7-5-12(2)16(18)10-15/h4-8,10,17H,9,19H2,1-3H3. The van der Waals surface area contributed by atoms with Gasteiger partial charge in [-0.15, -0.1) is 0 Å². The Kier molecular flexibility index (Phi) is 4.28. The van der Waals surface area contributed by atoms with Crippen molar-refractivity contribution < 1.29 is 0 Å². The first-order chi connectivity index (χ1) is 8.97. The summed E-state index contributed by atoms with van der Waals surface area (Å²) in [6, 6.07) is 12.6. The van der Waals surface area contributed by atoms with Gasteiger partial charge in [0.2, 0.25) is 0 Å². The predicted octanol–water partition coefficient (Wildman–Crippen LogP) is 4.51. The van der Waals surface area contributed by atoms with E-state index in [1.165, 1.54) is 16.7 Å². The fourth-order valence-corrected chi connectivity index (χ4v) is 2.33. The van der Waals surface area contributed by atoms with Crippen molar-refractivity contribution in [3.63, 3.8) is 0 Å². The van der Waals surface area contributed by atoms with Gasteiger partial charge in [-0.05, 0) is 61.1 Å². The molecule has 2 rings (SSSR count). The fourth-order valence-electron chi connectivity index (χ4n) is 2.14. The highest BCUT2D eigenvalue weighted by atomic mass is 35.5. The molecule has 0 aliphatic carbocycles. The minimum atomic E-state index is -0.0137. The number of hydrogen-bond donors (Lipinski definition) is 1. The summed E-state index contributed by atoms with van der Waals surface area (Å²) in [6.45, 7) is 6.26. The maximum atomic E-state index is 6.28. The monoisotopic (exact) mass is 273 g/mol. The van der Waals surface area contributed by atoms with E-state index in [0.717, 1.165) is 22.6 Å². The summed E-state index contributed by atoms with van der Waals surface area (Å²) in [4.78, 5) is 0. The highest BCUT2D eigenvalue weighted by Crippen LogP contribution is 2.23. The van der Waals surface area contributed by atoms with Crippen molar-refractivity contribution in [3.8, 4) is 0 Å². The van der Waals surface area contributed by atoms with Crippen LogP contribution in [-0.4, -0.2) is 0 Å². The molecule has 0 fully saturated rings. The fraction of sp³-hybridized carbons (Fsp3) is 0.294. The van der Waals surface area contributed by atoms with E-state index in [1.54, 1.807) is 0 Å². The van der Waals surface area contributed by atoms with Crippen LogP contribution in [0.1, 0.15) is 33.9 Å². The maximum Gasteiger partial charge on any atom is 0.0438 e. The SMILES string of the molecule is Cc1ccc(CC(N)c2ccc(C)c(Cl)c2)cc1C. The van der Waals surface area contributed by atoms with Gasteiger partial charge in [-0.25, -0.2) is 0 Å². The van der Waals surface area contributed by atoms with Crippen LogP contribution < -0.4 is 5.73 Å². The number of nitrogens with two attached hydrogens (primary N) is 1. The third-order valence-electron chi connectivity index (χ3n) is 3.65. The van der Waals surface area contributed by atoms with Crippen LogP contribution in [0, 0.1) is 20.8 Å². The van der Waals surface area contributed by atoms with E-state index < -0.39 is 0 Å². The van der Waals surface area contributed by atoms with Gasteiger partial charge in [0.05, 0.1) is 0 Å². The molecule has 100 valence electrons. The quantitative estimate of drug-likeness (QED) is 0.875. The Bertz CT molecular complexity index is 590. The molecule has 1 atom stereocenters. The second-order valence-corrected chi connectivity index (χ2v) is 5.65. The van der Waals surface area contributed by atoms with Crippen molar-refractivity contribution in [2.75, 3.05) is 0 Å². The lowest BCUT2D eigenvalue weighted by Crippen LogP contribution is -2.13. The van der Waals surface area contributed by atoms with Crippen LogP contribution in [0.25, 0.3) is 0 Å². The van der Waals surface area contributed by atoms with Crippen molar-refractivity contribution in [1.29, 1.82) is 0 Å². The average Bonchev–Trinajstić information content (AvgIpc) is 2.37. The van der Waals surface area contributed by atoms with Crippen LogP contribution in [0.2, 0.25) is 5.02 Å². The van der Waals surface area contributed by atoms with Gasteiger partial charge in [0.25, 0.3) is 0 Å². The molecular weight excluding hydrogens is 254 g/mol. The Labute approximate surface area is 120 Å². The Morgan fingerprint density at radius 3 is 2.26 bits per heavy atom. The second-order valence-electron chi connectivity index (χ2n) is 5.24. The number of hydrogen-bond acceptors (Lipinski definition) is 1. The highest BCUT2D eigenvalue weighted by molar-refractivity contribution is 6.31. The van der Waals surface area contributed by atoms with Gasteiger partial charge in [-0.1, -0.05) is 41.9 Å². The van der Waals surface area contributed by atoms with Gasteiger partial charge in [-0.2, -0.15) is 0 Å². The molecular formula is C17H20ClN. The lowest BCUT2D eigenvalue weighted by atomic mass is 9.96. The van der Waals surface area contributed by atoms with Crippen LogP contribution >= 0.6 is 11.6 Å². The molecule has 2 N–H and O–H groups in total. The van der Waals surface area contributed by atoms with Gasteiger partial charge in [0.15, 0.2) is 0 Å². The summed E-state index contributed by atoms with van der Waals surface area (Å²) in [5.74, 6) is 0. The molecule has 0 aliphatic heterocycles. The molecule has 1 unspecified atom stereocenters. The van der Waals surface area contributed by atoms with Gasteiger partial charge in [0.1, 0.15) is 0 Å². The van der Waals surface area contributed by atoms with Crippen LogP contribution in [0.15, 0.2) is 36.4 Å². The first-order valence-electron chi connectivity index (χ1n) is 6.55. The van der Waals surface area contributed by atoms with Crippen molar-refractivity contribution in [1.82, 2.24) is 0 Å². The summed E-state index contributed by atoms with van der Waals surface area (Å²) < 4.78 is 0. The molecule has 0 heterocycles. The Balaban J connectivity index is 2.17. The van der Waals surface area contributed by atoms with Crippen molar-refractivity contribution in [2.45, 2.75) is 33.2 Å². The molecule has 0 aliphatic rings. The largest absolute Gasteiger partial charge is 0.324 e. The van der Waals surface area contributed by atoms with E-state index in [9.17, 15) is 0 Å². The zero-order valence-electron chi connectivity index (χ0n) is 11.7. The van der Waals surface area contributed by atoms with Gasteiger partial charge < -0.3 is 5.73 Å². The topological polar surface area (TPSA) is 26.0 Å². The van der Waals surface area contributed by atoms with Crippen LogP contribution in [0.5, 0.6) is 0 Å². The summed E-state index contributed by atoms with van der Waals surface area (Å²) in [5, 5.41) is 0.785. The second kappa shape index (κ2) is 5.77. The number of aryl methyl sites for hydroxylation is 3. The lowest BCUT2D eigenvalue weighted by molar-refractivity contribution is 0.721. The Morgan fingerprint density at radius 1 is 0.947 bits per heavy atom. The van der Waals surface area contributed by atoms with Crippen LogP contribution in [-0.2, 0) is 6.42 Å². The smallest absolute Gasteiger partial charge is 0.0438 e. The molecule has 19 heavy (non-hydrogen) atoms. The van der Waals surface area contributed by atoms with Crippen molar-refractivity contribution >= 4 is 11.6 Å². The molecule has 2 aromatic carbocycles. The third kappa shape index (κ3) is 3.37. The molecule has 0 saturated carbocycles.